The predicted octanol–water partition coefficient (Wildman–Crippen LogP) is 3.83. The average Bonchev–Trinajstić information content (AvgIpc) is 2.52. The molecule has 1 aromatic rings. The molecule has 0 aliphatic carbocycles. The molecule has 5 heteroatoms. The normalized spacial score (nSPS) is 11.6. The third-order valence-electron chi connectivity index (χ3n) is 3.24. The molecule has 0 aromatic heterocycles. The topological polar surface area (TPSA) is 27.7 Å². The molecule has 0 radical (unpaired) electrons. The number of rotatable bonds is 10. The van der Waals surface area contributed by atoms with Crippen LogP contribution in [0.5, 0.6) is 0 Å². The van der Waals surface area contributed by atoms with E-state index in [4.69, 9.17) is 13.3 Å². The highest BCUT2D eigenvalue weighted by molar-refractivity contribution is 7.98. The van der Waals surface area contributed by atoms with Crippen molar-refractivity contribution in [3.8, 4) is 0 Å². The molecule has 20 heavy (non-hydrogen) atoms. The van der Waals surface area contributed by atoms with Crippen LogP contribution in [0, 0.1) is 0 Å². The monoisotopic (exact) mass is 312 g/mol. The van der Waals surface area contributed by atoms with E-state index in [1.807, 2.05) is 23.9 Å². The molecular formula is C15H24O3SSi. The van der Waals surface area contributed by atoms with E-state index in [1.54, 1.807) is 21.3 Å². The van der Waals surface area contributed by atoms with Gasteiger partial charge in [-0.2, -0.15) is 11.8 Å². The van der Waals surface area contributed by atoms with E-state index in [1.165, 1.54) is 11.1 Å². The summed E-state index contributed by atoms with van der Waals surface area (Å²) in [4.78, 5) is 0. The second kappa shape index (κ2) is 9.36. The SMILES string of the molecule is C=Cc1ccccc1CSCCC[Si](OC)(OC)OC. The van der Waals surface area contributed by atoms with Gasteiger partial charge in [0.1, 0.15) is 0 Å². The number of hydrogen-bond acceptors (Lipinski definition) is 4. The third-order valence-corrected chi connectivity index (χ3v) is 7.16. The fraction of sp³-hybridized carbons (Fsp3) is 0.467. The maximum atomic E-state index is 5.41. The van der Waals surface area contributed by atoms with Crippen LogP contribution in [0.3, 0.4) is 0 Å². The van der Waals surface area contributed by atoms with E-state index >= 15 is 0 Å². The van der Waals surface area contributed by atoms with Crippen LogP contribution in [0.1, 0.15) is 17.5 Å². The van der Waals surface area contributed by atoms with E-state index in [0.29, 0.717) is 0 Å². The lowest BCUT2D eigenvalue weighted by Gasteiger charge is -2.24. The Hall–Kier alpha value is -0.593. The van der Waals surface area contributed by atoms with Crippen LogP contribution in [0.2, 0.25) is 6.04 Å². The van der Waals surface area contributed by atoms with Crippen molar-refractivity contribution in [2.24, 2.45) is 0 Å². The van der Waals surface area contributed by atoms with Gasteiger partial charge in [0.2, 0.25) is 0 Å². The van der Waals surface area contributed by atoms with Crippen LogP contribution >= 0.6 is 11.8 Å². The Morgan fingerprint density at radius 3 is 2.40 bits per heavy atom. The second-order valence-electron chi connectivity index (χ2n) is 4.35. The Labute approximate surface area is 127 Å². The average molecular weight is 313 g/mol. The quantitative estimate of drug-likeness (QED) is 0.485. The van der Waals surface area contributed by atoms with Crippen LogP contribution in [0.25, 0.3) is 6.08 Å². The summed E-state index contributed by atoms with van der Waals surface area (Å²) >= 11 is 1.92. The van der Waals surface area contributed by atoms with Gasteiger partial charge < -0.3 is 13.3 Å². The summed E-state index contributed by atoms with van der Waals surface area (Å²) in [6, 6.07) is 9.22. The molecule has 0 fully saturated rings. The largest absolute Gasteiger partial charge is 0.500 e. The molecular weight excluding hydrogens is 288 g/mol. The van der Waals surface area contributed by atoms with Gasteiger partial charge in [-0.05, 0) is 23.3 Å². The molecule has 0 atom stereocenters. The highest BCUT2D eigenvalue weighted by atomic mass is 32.2. The van der Waals surface area contributed by atoms with Crippen molar-refractivity contribution in [3.63, 3.8) is 0 Å². The minimum atomic E-state index is -2.39. The van der Waals surface area contributed by atoms with Gasteiger partial charge >= 0.3 is 8.80 Å². The first-order chi connectivity index (χ1) is 9.71. The van der Waals surface area contributed by atoms with Gasteiger partial charge in [0, 0.05) is 33.1 Å². The molecule has 0 bridgehead atoms. The number of hydrogen-bond donors (Lipinski definition) is 0. The zero-order valence-electron chi connectivity index (χ0n) is 12.6. The molecule has 0 unspecified atom stereocenters. The molecule has 0 spiro atoms. The zero-order chi connectivity index (χ0) is 14.8. The highest BCUT2D eigenvalue weighted by Gasteiger charge is 2.36. The van der Waals surface area contributed by atoms with Crippen molar-refractivity contribution in [2.75, 3.05) is 27.1 Å². The van der Waals surface area contributed by atoms with E-state index in [2.05, 4.69) is 24.8 Å². The number of thioether (sulfide) groups is 1. The molecule has 0 amide bonds. The fourth-order valence-corrected chi connectivity index (χ4v) is 4.95. The Kier molecular flexibility index (Phi) is 8.17. The molecule has 0 heterocycles. The minimum Gasteiger partial charge on any atom is -0.377 e. The molecule has 0 N–H and O–H groups in total. The van der Waals surface area contributed by atoms with Crippen LogP contribution in [-0.2, 0) is 19.0 Å². The Bertz CT molecular complexity index is 400. The summed E-state index contributed by atoms with van der Waals surface area (Å²) in [5, 5.41) is 0. The van der Waals surface area contributed by atoms with Gasteiger partial charge in [0.15, 0.2) is 0 Å². The third kappa shape index (κ3) is 5.07. The van der Waals surface area contributed by atoms with Gasteiger partial charge in [0.25, 0.3) is 0 Å². The second-order valence-corrected chi connectivity index (χ2v) is 8.55. The summed E-state index contributed by atoms with van der Waals surface area (Å²) in [6.45, 7) is 3.85. The molecule has 0 aliphatic heterocycles. The molecule has 0 saturated carbocycles. The zero-order valence-corrected chi connectivity index (χ0v) is 14.4. The van der Waals surface area contributed by atoms with Crippen molar-refractivity contribution >= 4 is 26.6 Å². The summed E-state index contributed by atoms with van der Waals surface area (Å²) in [5.41, 5.74) is 2.55. The summed E-state index contributed by atoms with van der Waals surface area (Å²) in [7, 11) is 2.58. The first-order valence-corrected chi connectivity index (χ1v) is 9.73. The van der Waals surface area contributed by atoms with Crippen LogP contribution in [0.4, 0.5) is 0 Å². The van der Waals surface area contributed by atoms with Crippen LogP contribution in [-0.4, -0.2) is 35.9 Å². The van der Waals surface area contributed by atoms with Crippen molar-refractivity contribution in [1.82, 2.24) is 0 Å². The first kappa shape index (κ1) is 17.5. The van der Waals surface area contributed by atoms with Gasteiger partial charge in [-0.25, -0.2) is 0 Å². The van der Waals surface area contributed by atoms with Crippen molar-refractivity contribution in [3.05, 3.63) is 42.0 Å². The van der Waals surface area contributed by atoms with E-state index in [-0.39, 0.29) is 0 Å². The van der Waals surface area contributed by atoms with E-state index < -0.39 is 8.80 Å². The first-order valence-electron chi connectivity index (χ1n) is 6.65. The predicted molar refractivity (Wildman–Crippen MR) is 88.9 cm³/mol. The summed E-state index contributed by atoms with van der Waals surface area (Å²) in [6.07, 6.45) is 2.94. The van der Waals surface area contributed by atoms with Crippen molar-refractivity contribution < 1.29 is 13.3 Å². The van der Waals surface area contributed by atoms with Crippen LogP contribution < -0.4 is 0 Å². The molecule has 3 nitrogen and oxygen atoms in total. The smallest absolute Gasteiger partial charge is 0.377 e. The van der Waals surface area contributed by atoms with Crippen molar-refractivity contribution in [2.45, 2.75) is 18.2 Å². The van der Waals surface area contributed by atoms with Gasteiger partial charge in [-0.1, -0.05) is 36.9 Å². The maximum absolute atomic E-state index is 5.41. The Morgan fingerprint density at radius 1 is 1.15 bits per heavy atom. The molecule has 112 valence electrons. The van der Waals surface area contributed by atoms with Gasteiger partial charge in [0.05, 0.1) is 0 Å². The molecule has 1 rings (SSSR count). The lowest BCUT2D eigenvalue weighted by Crippen LogP contribution is -2.42. The number of benzene rings is 1. The summed E-state index contributed by atoms with van der Waals surface area (Å²) in [5.74, 6) is 2.07. The van der Waals surface area contributed by atoms with E-state index in [9.17, 15) is 0 Å². The Balaban J connectivity index is 2.33. The maximum Gasteiger partial charge on any atom is 0.500 e. The van der Waals surface area contributed by atoms with Gasteiger partial charge in [-0.3, -0.25) is 0 Å². The lowest BCUT2D eigenvalue weighted by molar-refractivity contribution is 0.123. The summed E-state index contributed by atoms with van der Waals surface area (Å²) < 4.78 is 16.2. The van der Waals surface area contributed by atoms with Gasteiger partial charge in [-0.15, -0.1) is 0 Å². The van der Waals surface area contributed by atoms with Crippen LogP contribution in [0.15, 0.2) is 30.8 Å². The molecule has 0 aliphatic rings. The Morgan fingerprint density at radius 2 is 1.80 bits per heavy atom. The van der Waals surface area contributed by atoms with E-state index in [0.717, 1.165) is 24.0 Å². The fourth-order valence-electron chi connectivity index (χ4n) is 1.99. The highest BCUT2D eigenvalue weighted by Crippen LogP contribution is 2.21. The lowest BCUT2D eigenvalue weighted by atomic mass is 10.1. The molecule has 1 aromatic carbocycles. The minimum absolute atomic E-state index is 0.854. The van der Waals surface area contributed by atoms with Crippen molar-refractivity contribution in [1.29, 1.82) is 0 Å². The standard InChI is InChI=1S/C15H24O3SSi/c1-5-14-9-6-7-10-15(14)13-19-11-8-12-20(16-2,17-3)18-4/h5-7,9-10H,1,8,11-13H2,2-4H3. The molecule has 0 saturated heterocycles.